The molecule has 2 rings (SSSR count). The Bertz CT molecular complexity index is 265. The van der Waals surface area contributed by atoms with Gasteiger partial charge in [0.1, 0.15) is 0 Å². The predicted octanol–water partition coefficient (Wildman–Crippen LogP) is 2.72. The molecule has 0 unspecified atom stereocenters. The van der Waals surface area contributed by atoms with Crippen LogP contribution in [0, 0.1) is 0 Å². The first-order valence-electron chi connectivity index (χ1n) is 8.56. The van der Waals surface area contributed by atoms with Crippen molar-refractivity contribution in [3.8, 4) is 0 Å². The molecule has 2 aliphatic carbocycles. The van der Waals surface area contributed by atoms with Crippen molar-refractivity contribution in [3.05, 3.63) is 0 Å². The average Bonchev–Trinajstić information content (AvgIpc) is 2.53. The SMILES string of the molecule is NNC(=O)CCCN(C1CCCCC1)C1CCCCC1. The molecule has 2 fully saturated rings. The molecule has 4 heteroatoms. The van der Waals surface area contributed by atoms with E-state index in [0.29, 0.717) is 6.42 Å². The summed E-state index contributed by atoms with van der Waals surface area (Å²) in [6.45, 7) is 1.07. The summed E-state index contributed by atoms with van der Waals surface area (Å²) >= 11 is 0. The van der Waals surface area contributed by atoms with Crippen molar-refractivity contribution in [1.29, 1.82) is 0 Å². The molecule has 0 spiro atoms. The van der Waals surface area contributed by atoms with E-state index < -0.39 is 0 Å². The van der Waals surface area contributed by atoms with E-state index >= 15 is 0 Å². The van der Waals surface area contributed by atoms with Crippen molar-refractivity contribution in [1.82, 2.24) is 10.3 Å². The Morgan fingerprint density at radius 2 is 1.45 bits per heavy atom. The largest absolute Gasteiger partial charge is 0.297 e. The molecule has 0 atom stereocenters. The highest BCUT2D eigenvalue weighted by atomic mass is 16.2. The second kappa shape index (κ2) is 8.63. The maximum absolute atomic E-state index is 11.3. The van der Waals surface area contributed by atoms with Crippen LogP contribution in [0.5, 0.6) is 0 Å². The predicted molar refractivity (Wildman–Crippen MR) is 82.0 cm³/mol. The highest BCUT2D eigenvalue weighted by molar-refractivity contribution is 5.75. The molecule has 3 N–H and O–H groups in total. The summed E-state index contributed by atoms with van der Waals surface area (Å²) in [5.74, 6) is 5.13. The number of rotatable bonds is 6. The Morgan fingerprint density at radius 1 is 0.950 bits per heavy atom. The van der Waals surface area contributed by atoms with Crippen LogP contribution in [0.15, 0.2) is 0 Å². The van der Waals surface area contributed by atoms with Crippen molar-refractivity contribution >= 4 is 5.91 Å². The van der Waals surface area contributed by atoms with Crippen LogP contribution in [0.4, 0.5) is 0 Å². The number of nitrogens with zero attached hydrogens (tertiary/aromatic N) is 1. The minimum absolute atomic E-state index is 0.0303. The lowest BCUT2D eigenvalue weighted by atomic mass is 9.88. The number of amides is 1. The summed E-state index contributed by atoms with van der Waals surface area (Å²) in [7, 11) is 0. The first kappa shape index (κ1) is 15.8. The summed E-state index contributed by atoms with van der Waals surface area (Å²) in [5, 5.41) is 0. The van der Waals surface area contributed by atoms with Gasteiger partial charge in [0.15, 0.2) is 0 Å². The molecule has 0 saturated heterocycles. The molecular formula is C16H31N3O. The van der Waals surface area contributed by atoms with Crippen molar-refractivity contribution in [3.63, 3.8) is 0 Å². The molecule has 2 saturated carbocycles. The number of nitrogens with two attached hydrogens (primary N) is 1. The molecule has 116 valence electrons. The lowest BCUT2D eigenvalue weighted by Crippen LogP contribution is -2.45. The van der Waals surface area contributed by atoms with E-state index in [1.807, 2.05) is 0 Å². The third kappa shape index (κ3) is 4.74. The van der Waals surface area contributed by atoms with Gasteiger partial charge in [-0.25, -0.2) is 5.84 Å². The number of hydrogen-bond donors (Lipinski definition) is 2. The van der Waals surface area contributed by atoms with Crippen LogP contribution in [-0.4, -0.2) is 29.4 Å². The molecule has 0 aliphatic heterocycles. The Labute approximate surface area is 123 Å². The summed E-state index contributed by atoms with van der Waals surface area (Å²) in [5.41, 5.74) is 2.24. The molecule has 0 bridgehead atoms. The number of hydrazine groups is 1. The molecule has 0 aromatic rings. The quantitative estimate of drug-likeness (QED) is 0.447. The summed E-state index contributed by atoms with van der Waals surface area (Å²) in [4.78, 5) is 14.0. The third-order valence-corrected chi connectivity index (χ3v) is 5.07. The zero-order valence-corrected chi connectivity index (χ0v) is 12.8. The maximum Gasteiger partial charge on any atom is 0.233 e. The fraction of sp³-hybridized carbons (Fsp3) is 0.938. The molecule has 0 aromatic carbocycles. The van der Waals surface area contributed by atoms with Crippen LogP contribution >= 0.6 is 0 Å². The minimum atomic E-state index is -0.0303. The lowest BCUT2D eigenvalue weighted by molar-refractivity contribution is -0.121. The van der Waals surface area contributed by atoms with Crippen LogP contribution in [0.3, 0.4) is 0 Å². The van der Waals surface area contributed by atoms with Gasteiger partial charge in [0.2, 0.25) is 5.91 Å². The molecule has 0 radical (unpaired) electrons. The highest BCUT2D eigenvalue weighted by Crippen LogP contribution is 2.30. The lowest BCUT2D eigenvalue weighted by Gasteiger charge is -2.41. The summed E-state index contributed by atoms with van der Waals surface area (Å²) in [6, 6.07) is 1.54. The second-order valence-corrected chi connectivity index (χ2v) is 6.49. The standard InChI is InChI=1S/C16H31N3O/c17-18-16(20)12-7-13-19(14-8-3-1-4-9-14)15-10-5-2-6-11-15/h14-15H,1-13,17H2,(H,18,20). The number of hydrogen-bond acceptors (Lipinski definition) is 3. The van der Waals surface area contributed by atoms with Gasteiger partial charge in [0.05, 0.1) is 0 Å². The monoisotopic (exact) mass is 281 g/mol. The summed E-state index contributed by atoms with van der Waals surface area (Å²) in [6.07, 6.45) is 15.3. The first-order valence-corrected chi connectivity index (χ1v) is 8.56. The molecule has 0 aromatic heterocycles. The van der Waals surface area contributed by atoms with Crippen LogP contribution < -0.4 is 11.3 Å². The van der Waals surface area contributed by atoms with Crippen LogP contribution in [0.2, 0.25) is 0 Å². The fourth-order valence-corrected chi connectivity index (χ4v) is 3.98. The molecule has 0 heterocycles. The van der Waals surface area contributed by atoms with Gasteiger partial charge >= 0.3 is 0 Å². The Kier molecular flexibility index (Phi) is 6.80. The van der Waals surface area contributed by atoms with Crippen molar-refractivity contribution in [2.24, 2.45) is 5.84 Å². The zero-order valence-electron chi connectivity index (χ0n) is 12.8. The van der Waals surface area contributed by atoms with Gasteiger partial charge in [-0.15, -0.1) is 0 Å². The molecule has 20 heavy (non-hydrogen) atoms. The normalized spacial score (nSPS) is 22.1. The van der Waals surface area contributed by atoms with Gasteiger partial charge in [-0.3, -0.25) is 15.1 Å². The van der Waals surface area contributed by atoms with Crippen LogP contribution in [0.1, 0.15) is 77.0 Å². The Balaban J connectivity index is 1.86. The molecule has 4 nitrogen and oxygen atoms in total. The van der Waals surface area contributed by atoms with Gasteiger partial charge in [-0.2, -0.15) is 0 Å². The number of carbonyl (C=O) groups is 1. The van der Waals surface area contributed by atoms with Gasteiger partial charge in [0, 0.05) is 18.5 Å². The molecule has 2 aliphatic rings. The first-order chi connectivity index (χ1) is 9.81. The fourth-order valence-electron chi connectivity index (χ4n) is 3.98. The zero-order chi connectivity index (χ0) is 14.2. The highest BCUT2D eigenvalue weighted by Gasteiger charge is 2.28. The smallest absolute Gasteiger partial charge is 0.233 e. The average molecular weight is 281 g/mol. The van der Waals surface area contributed by atoms with Gasteiger partial charge in [0.25, 0.3) is 0 Å². The summed E-state index contributed by atoms with van der Waals surface area (Å²) < 4.78 is 0. The Hall–Kier alpha value is -0.610. The van der Waals surface area contributed by atoms with Crippen molar-refractivity contribution in [2.75, 3.05) is 6.54 Å². The van der Waals surface area contributed by atoms with Crippen molar-refractivity contribution < 1.29 is 4.79 Å². The van der Waals surface area contributed by atoms with Gasteiger partial charge in [-0.1, -0.05) is 38.5 Å². The van der Waals surface area contributed by atoms with E-state index in [9.17, 15) is 4.79 Å². The second-order valence-electron chi connectivity index (χ2n) is 6.49. The van der Waals surface area contributed by atoms with E-state index in [4.69, 9.17) is 5.84 Å². The molecule has 1 amide bonds. The van der Waals surface area contributed by atoms with E-state index in [1.165, 1.54) is 64.2 Å². The van der Waals surface area contributed by atoms with E-state index in [1.54, 1.807) is 0 Å². The van der Waals surface area contributed by atoms with Crippen LogP contribution in [-0.2, 0) is 4.79 Å². The number of nitrogens with one attached hydrogen (secondary N) is 1. The van der Waals surface area contributed by atoms with Gasteiger partial charge in [-0.05, 0) is 38.6 Å². The van der Waals surface area contributed by atoms with Crippen LogP contribution in [0.25, 0.3) is 0 Å². The van der Waals surface area contributed by atoms with E-state index in [2.05, 4.69) is 10.3 Å². The third-order valence-electron chi connectivity index (χ3n) is 5.07. The van der Waals surface area contributed by atoms with E-state index in [-0.39, 0.29) is 5.91 Å². The maximum atomic E-state index is 11.3. The molecular weight excluding hydrogens is 250 g/mol. The topological polar surface area (TPSA) is 58.4 Å². The van der Waals surface area contributed by atoms with Crippen molar-refractivity contribution in [2.45, 2.75) is 89.1 Å². The van der Waals surface area contributed by atoms with Gasteiger partial charge < -0.3 is 0 Å². The minimum Gasteiger partial charge on any atom is -0.297 e. The number of carbonyl (C=O) groups excluding carboxylic acids is 1. The van der Waals surface area contributed by atoms with E-state index in [0.717, 1.165) is 25.0 Å². The Morgan fingerprint density at radius 3 is 1.90 bits per heavy atom.